The van der Waals surface area contributed by atoms with Crippen LogP contribution in [0.2, 0.25) is 0 Å². The lowest BCUT2D eigenvalue weighted by atomic mass is 9.98. The Morgan fingerprint density at radius 3 is 3.16 bits per heavy atom. The van der Waals surface area contributed by atoms with E-state index in [1.165, 1.54) is 30.5 Å². The minimum Gasteiger partial charge on any atom is -0.378 e. The maximum absolute atomic E-state index is 5.84. The maximum atomic E-state index is 5.84. The highest BCUT2D eigenvalue weighted by atomic mass is 16.5. The highest BCUT2D eigenvalue weighted by Gasteiger charge is 2.20. The molecule has 3 heteroatoms. The zero-order chi connectivity index (χ0) is 12.9. The van der Waals surface area contributed by atoms with Crippen LogP contribution in [0.15, 0.2) is 24.3 Å². The van der Waals surface area contributed by atoms with Crippen molar-refractivity contribution in [1.29, 1.82) is 0 Å². The quantitative estimate of drug-likeness (QED) is 0.825. The molecule has 2 aliphatic heterocycles. The molecule has 0 spiro atoms. The summed E-state index contributed by atoms with van der Waals surface area (Å²) in [7, 11) is 0. The summed E-state index contributed by atoms with van der Waals surface area (Å²) in [6.45, 7) is 4.69. The molecule has 2 aliphatic rings. The summed E-state index contributed by atoms with van der Waals surface area (Å²) in [5.41, 5.74) is 2.73. The second-order valence-electron chi connectivity index (χ2n) is 5.53. The van der Waals surface area contributed by atoms with Gasteiger partial charge in [-0.3, -0.25) is 0 Å². The molecule has 2 unspecified atom stereocenters. The van der Waals surface area contributed by atoms with Crippen molar-refractivity contribution in [3.63, 3.8) is 0 Å². The summed E-state index contributed by atoms with van der Waals surface area (Å²) in [5, 5.41) is 3.40. The van der Waals surface area contributed by atoms with Crippen LogP contribution in [0.25, 0.3) is 0 Å². The lowest BCUT2D eigenvalue weighted by Crippen LogP contribution is -2.21. The minimum absolute atomic E-state index is 0.131. The second kappa shape index (κ2) is 6.51. The third-order valence-corrected chi connectivity index (χ3v) is 4.19. The molecule has 0 aromatic heterocycles. The molecule has 1 aromatic rings. The van der Waals surface area contributed by atoms with Gasteiger partial charge in [0.1, 0.15) is 6.10 Å². The second-order valence-corrected chi connectivity index (χ2v) is 5.53. The van der Waals surface area contributed by atoms with Crippen molar-refractivity contribution in [2.45, 2.75) is 25.4 Å². The molecule has 3 nitrogen and oxygen atoms in total. The van der Waals surface area contributed by atoms with Crippen molar-refractivity contribution >= 4 is 0 Å². The van der Waals surface area contributed by atoms with Gasteiger partial charge in [-0.2, -0.15) is 0 Å². The summed E-state index contributed by atoms with van der Waals surface area (Å²) in [5.74, 6) is 0.805. The average Bonchev–Trinajstić information content (AvgIpc) is 2.97. The van der Waals surface area contributed by atoms with E-state index in [1.54, 1.807) is 0 Å². The monoisotopic (exact) mass is 261 g/mol. The summed E-state index contributed by atoms with van der Waals surface area (Å²) in [6.07, 6.45) is 3.63. The highest BCUT2D eigenvalue weighted by molar-refractivity contribution is 5.30. The summed E-state index contributed by atoms with van der Waals surface area (Å²) in [6, 6.07) is 8.57. The molecule has 19 heavy (non-hydrogen) atoms. The van der Waals surface area contributed by atoms with E-state index in [-0.39, 0.29) is 6.10 Å². The van der Waals surface area contributed by atoms with Gasteiger partial charge in [0.15, 0.2) is 0 Å². The van der Waals surface area contributed by atoms with Crippen LogP contribution in [0, 0.1) is 5.92 Å². The number of ether oxygens (including phenoxy) is 2. The smallest absolute Gasteiger partial charge is 0.106 e. The normalized spacial score (nSPS) is 26.3. The van der Waals surface area contributed by atoms with Crippen molar-refractivity contribution < 1.29 is 9.47 Å². The average molecular weight is 261 g/mol. The van der Waals surface area contributed by atoms with Crippen LogP contribution in [0.3, 0.4) is 0 Å². The summed E-state index contributed by atoms with van der Waals surface area (Å²) < 4.78 is 11.7. The van der Waals surface area contributed by atoms with Gasteiger partial charge in [0, 0.05) is 6.61 Å². The van der Waals surface area contributed by atoms with E-state index in [4.69, 9.17) is 9.47 Å². The third kappa shape index (κ3) is 3.35. The number of rotatable bonds is 5. The van der Waals surface area contributed by atoms with E-state index in [0.29, 0.717) is 6.61 Å². The van der Waals surface area contributed by atoms with Crippen molar-refractivity contribution in [1.82, 2.24) is 5.32 Å². The van der Waals surface area contributed by atoms with E-state index in [2.05, 4.69) is 29.6 Å². The standard InChI is InChI=1S/C16H23NO2/c1-2-4-15-14(3-1)7-10-19-16(15)12-18-9-6-13-5-8-17-11-13/h1-4,13,16-17H,5-12H2. The Morgan fingerprint density at radius 2 is 2.26 bits per heavy atom. The molecule has 2 atom stereocenters. The van der Waals surface area contributed by atoms with Crippen LogP contribution in [0.5, 0.6) is 0 Å². The molecule has 0 bridgehead atoms. The molecule has 0 saturated carbocycles. The SMILES string of the molecule is c1ccc2c(c1)CCOC2COCCC1CCNC1. The molecular weight excluding hydrogens is 238 g/mol. The van der Waals surface area contributed by atoms with Gasteiger partial charge in [-0.25, -0.2) is 0 Å². The zero-order valence-corrected chi connectivity index (χ0v) is 11.4. The Balaban J connectivity index is 1.45. The number of nitrogens with one attached hydrogen (secondary N) is 1. The topological polar surface area (TPSA) is 30.5 Å². The Hall–Kier alpha value is -0.900. The van der Waals surface area contributed by atoms with Crippen LogP contribution >= 0.6 is 0 Å². The fourth-order valence-electron chi connectivity index (χ4n) is 3.02. The number of hydrogen-bond acceptors (Lipinski definition) is 3. The molecule has 0 radical (unpaired) electrons. The molecule has 1 fully saturated rings. The predicted octanol–water partition coefficient (Wildman–Crippen LogP) is 2.32. The van der Waals surface area contributed by atoms with Crippen LogP contribution in [0.1, 0.15) is 30.1 Å². The van der Waals surface area contributed by atoms with Crippen LogP contribution < -0.4 is 5.32 Å². The largest absolute Gasteiger partial charge is 0.378 e. The van der Waals surface area contributed by atoms with Crippen molar-refractivity contribution in [2.75, 3.05) is 32.9 Å². The van der Waals surface area contributed by atoms with E-state index in [0.717, 1.165) is 32.1 Å². The van der Waals surface area contributed by atoms with Crippen LogP contribution in [0.4, 0.5) is 0 Å². The van der Waals surface area contributed by atoms with Crippen molar-refractivity contribution in [3.05, 3.63) is 35.4 Å². The van der Waals surface area contributed by atoms with E-state index >= 15 is 0 Å². The maximum Gasteiger partial charge on any atom is 0.106 e. The molecule has 2 heterocycles. The minimum atomic E-state index is 0.131. The van der Waals surface area contributed by atoms with Crippen LogP contribution in [-0.2, 0) is 15.9 Å². The lowest BCUT2D eigenvalue weighted by Gasteiger charge is -2.26. The van der Waals surface area contributed by atoms with E-state index in [9.17, 15) is 0 Å². The van der Waals surface area contributed by atoms with Crippen molar-refractivity contribution in [3.8, 4) is 0 Å². The lowest BCUT2D eigenvalue weighted by molar-refractivity contribution is -0.0270. The van der Waals surface area contributed by atoms with Gasteiger partial charge in [0.05, 0.1) is 13.2 Å². The fraction of sp³-hybridized carbons (Fsp3) is 0.625. The highest BCUT2D eigenvalue weighted by Crippen LogP contribution is 2.27. The summed E-state index contributed by atoms with van der Waals surface area (Å²) >= 11 is 0. The number of benzene rings is 1. The van der Waals surface area contributed by atoms with E-state index in [1.807, 2.05) is 0 Å². The van der Waals surface area contributed by atoms with Gasteiger partial charge in [-0.1, -0.05) is 24.3 Å². The molecule has 3 rings (SSSR count). The Labute approximate surface area is 115 Å². The Morgan fingerprint density at radius 1 is 1.32 bits per heavy atom. The molecular formula is C16H23NO2. The van der Waals surface area contributed by atoms with Crippen LogP contribution in [-0.4, -0.2) is 32.9 Å². The molecule has 0 aliphatic carbocycles. The van der Waals surface area contributed by atoms with E-state index < -0.39 is 0 Å². The van der Waals surface area contributed by atoms with Gasteiger partial charge in [-0.15, -0.1) is 0 Å². The van der Waals surface area contributed by atoms with Crippen molar-refractivity contribution in [2.24, 2.45) is 5.92 Å². The molecule has 0 amide bonds. The first-order valence-corrected chi connectivity index (χ1v) is 7.41. The van der Waals surface area contributed by atoms with Gasteiger partial charge < -0.3 is 14.8 Å². The fourth-order valence-corrected chi connectivity index (χ4v) is 3.02. The zero-order valence-electron chi connectivity index (χ0n) is 11.4. The Kier molecular flexibility index (Phi) is 4.49. The van der Waals surface area contributed by atoms with Gasteiger partial charge in [-0.05, 0) is 49.4 Å². The number of hydrogen-bond donors (Lipinski definition) is 1. The first-order chi connectivity index (χ1) is 9.43. The first-order valence-electron chi connectivity index (χ1n) is 7.41. The van der Waals surface area contributed by atoms with Gasteiger partial charge in [0.25, 0.3) is 0 Å². The van der Waals surface area contributed by atoms with Gasteiger partial charge >= 0.3 is 0 Å². The summed E-state index contributed by atoms with van der Waals surface area (Å²) in [4.78, 5) is 0. The molecule has 1 N–H and O–H groups in total. The molecule has 1 aromatic carbocycles. The molecule has 1 saturated heterocycles. The van der Waals surface area contributed by atoms with Gasteiger partial charge in [0.2, 0.25) is 0 Å². The third-order valence-electron chi connectivity index (χ3n) is 4.19. The predicted molar refractivity (Wildman–Crippen MR) is 75.3 cm³/mol. The first kappa shape index (κ1) is 13.1. The molecule has 104 valence electrons. The Bertz CT molecular complexity index is 401. The number of fused-ring (bicyclic) bond motifs is 1.